The Kier molecular flexibility index (Phi) is 6.20. The Morgan fingerprint density at radius 3 is 2.70 bits per heavy atom. The number of rotatable bonds is 7. The molecular weight excluding hydrogens is 425 g/mol. The molecule has 1 atom stereocenters. The van der Waals surface area contributed by atoms with Crippen molar-refractivity contribution in [1.29, 1.82) is 0 Å². The number of hydrogen-bond acceptors (Lipinski definition) is 5. The van der Waals surface area contributed by atoms with Gasteiger partial charge >= 0.3 is 0 Å². The number of H-pyrrole nitrogens is 1. The van der Waals surface area contributed by atoms with Crippen LogP contribution in [0.1, 0.15) is 23.6 Å². The quantitative estimate of drug-likeness (QED) is 0.325. The number of ketones is 1. The van der Waals surface area contributed by atoms with Crippen LogP contribution in [-0.2, 0) is 9.59 Å². The molecule has 0 saturated carbocycles. The van der Waals surface area contributed by atoms with E-state index in [2.05, 4.69) is 4.98 Å². The Balaban J connectivity index is 1.91. The zero-order valence-corrected chi connectivity index (χ0v) is 18.8. The van der Waals surface area contributed by atoms with Crippen LogP contribution < -0.4 is 4.74 Å². The molecule has 0 bridgehead atoms. The smallest absolute Gasteiger partial charge is 0.295 e. The molecule has 1 aromatic heterocycles. The van der Waals surface area contributed by atoms with Gasteiger partial charge in [0.25, 0.3) is 11.7 Å². The number of amides is 1. The number of aromatic amines is 1. The summed E-state index contributed by atoms with van der Waals surface area (Å²) in [6.07, 6.45) is 2.39. The van der Waals surface area contributed by atoms with E-state index in [1.807, 2.05) is 43.3 Å². The van der Waals surface area contributed by atoms with Gasteiger partial charge in [-0.1, -0.05) is 18.2 Å². The Labute approximate surface area is 191 Å². The van der Waals surface area contributed by atoms with Gasteiger partial charge in [0.1, 0.15) is 17.3 Å². The summed E-state index contributed by atoms with van der Waals surface area (Å²) in [7, 11) is 5.25. The van der Waals surface area contributed by atoms with Gasteiger partial charge in [-0.2, -0.15) is 0 Å². The minimum Gasteiger partial charge on any atom is -0.507 e. The number of ether oxygens (including phenoxy) is 1. The Hall–Kier alpha value is -3.65. The van der Waals surface area contributed by atoms with E-state index < -0.39 is 29.3 Å². The highest BCUT2D eigenvalue weighted by Crippen LogP contribution is 2.43. The number of fused-ring (bicyclic) bond motifs is 1. The third kappa shape index (κ3) is 4.09. The first kappa shape index (κ1) is 22.5. The van der Waals surface area contributed by atoms with E-state index in [9.17, 15) is 19.1 Å². The Morgan fingerprint density at radius 1 is 1.21 bits per heavy atom. The average molecular weight is 451 g/mol. The highest BCUT2D eigenvalue weighted by Gasteiger charge is 2.46. The largest absolute Gasteiger partial charge is 0.507 e. The molecule has 1 aliphatic rings. The van der Waals surface area contributed by atoms with Gasteiger partial charge in [0.15, 0.2) is 0 Å². The van der Waals surface area contributed by atoms with Gasteiger partial charge in [-0.3, -0.25) is 9.59 Å². The van der Waals surface area contributed by atoms with Crippen LogP contribution in [0.5, 0.6) is 5.75 Å². The zero-order chi connectivity index (χ0) is 23.7. The molecule has 2 N–H and O–H groups in total. The van der Waals surface area contributed by atoms with E-state index in [1.54, 1.807) is 6.20 Å². The van der Waals surface area contributed by atoms with Crippen molar-refractivity contribution in [2.75, 3.05) is 34.3 Å². The summed E-state index contributed by atoms with van der Waals surface area (Å²) in [5, 5.41) is 12.1. The maximum Gasteiger partial charge on any atom is 0.295 e. The maximum atomic E-state index is 14.0. The zero-order valence-electron chi connectivity index (χ0n) is 18.8. The second-order valence-electron chi connectivity index (χ2n) is 8.28. The maximum absolute atomic E-state index is 14.0. The lowest BCUT2D eigenvalue weighted by Gasteiger charge is -2.25. The number of carbonyl (C=O) groups excluding carboxylic acids is 2. The van der Waals surface area contributed by atoms with Crippen molar-refractivity contribution < 1.29 is 23.8 Å². The standard InChI is InChI=1S/C25H26FN3O4/c1-28(2)11-6-12-29-22(18-14-27-19-8-5-4-7-16(18)19)21(24(31)25(29)32)23(30)17-13-15(26)9-10-20(17)33-3/h4-5,7-10,13-14,22,27,30H,6,11-12H2,1-3H3/b23-21+. The summed E-state index contributed by atoms with van der Waals surface area (Å²) in [4.78, 5) is 32.9. The molecule has 1 aliphatic heterocycles. The number of carbonyl (C=O) groups is 2. The summed E-state index contributed by atoms with van der Waals surface area (Å²) < 4.78 is 19.3. The number of benzene rings is 2. The van der Waals surface area contributed by atoms with Crippen molar-refractivity contribution in [2.45, 2.75) is 12.5 Å². The number of likely N-dealkylation sites (tertiary alicyclic amines) is 1. The molecule has 172 valence electrons. The Bertz CT molecular complexity index is 1250. The van der Waals surface area contributed by atoms with Crippen LogP contribution in [-0.4, -0.2) is 65.9 Å². The molecule has 33 heavy (non-hydrogen) atoms. The number of hydrogen-bond donors (Lipinski definition) is 2. The number of methoxy groups -OCH3 is 1. The SMILES string of the molecule is COc1ccc(F)cc1/C(O)=C1\C(=O)C(=O)N(CCCN(C)C)C1c1c[nH]c2ccccc12. The predicted molar refractivity (Wildman–Crippen MR) is 123 cm³/mol. The lowest BCUT2D eigenvalue weighted by atomic mass is 9.94. The van der Waals surface area contributed by atoms with Crippen LogP contribution in [0.2, 0.25) is 0 Å². The predicted octanol–water partition coefficient (Wildman–Crippen LogP) is 3.69. The molecule has 0 spiro atoms. The molecule has 4 rings (SSSR count). The topological polar surface area (TPSA) is 85.9 Å². The number of Topliss-reactive ketones (excluding diaryl/α,β-unsaturated/α-hetero) is 1. The van der Waals surface area contributed by atoms with Gasteiger partial charge in [-0.25, -0.2) is 4.39 Å². The fourth-order valence-electron chi connectivity index (χ4n) is 4.32. The summed E-state index contributed by atoms with van der Waals surface area (Å²) >= 11 is 0. The number of nitrogens with zero attached hydrogens (tertiary/aromatic N) is 2. The minimum atomic E-state index is -0.823. The normalized spacial score (nSPS) is 18.0. The molecule has 0 radical (unpaired) electrons. The fourth-order valence-corrected chi connectivity index (χ4v) is 4.32. The molecule has 3 aromatic rings. The number of aliphatic hydroxyl groups excluding tert-OH is 1. The highest BCUT2D eigenvalue weighted by molar-refractivity contribution is 6.46. The van der Waals surface area contributed by atoms with E-state index in [0.29, 0.717) is 18.5 Å². The average Bonchev–Trinajstić information content (AvgIpc) is 3.32. The van der Waals surface area contributed by atoms with E-state index in [1.165, 1.54) is 24.1 Å². The third-order valence-corrected chi connectivity index (χ3v) is 5.88. The van der Waals surface area contributed by atoms with Crippen molar-refractivity contribution in [2.24, 2.45) is 0 Å². The van der Waals surface area contributed by atoms with Gasteiger partial charge in [0.05, 0.1) is 24.3 Å². The summed E-state index contributed by atoms with van der Waals surface area (Å²) in [6.45, 7) is 1.05. The lowest BCUT2D eigenvalue weighted by molar-refractivity contribution is -0.139. The number of aliphatic hydroxyl groups is 1. The van der Waals surface area contributed by atoms with Crippen molar-refractivity contribution in [3.05, 3.63) is 71.2 Å². The van der Waals surface area contributed by atoms with Gasteiger partial charge in [0.2, 0.25) is 0 Å². The first-order chi connectivity index (χ1) is 15.8. The van der Waals surface area contributed by atoms with Gasteiger partial charge in [-0.15, -0.1) is 0 Å². The molecule has 1 unspecified atom stereocenters. The van der Waals surface area contributed by atoms with E-state index in [4.69, 9.17) is 4.74 Å². The lowest BCUT2D eigenvalue weighted by Crippen LogP contribution is -2.32. The van der Waals surface area contributed by atoms with Gasteiger partial charge < -0.3 is 24.6 Å². The van der Waals surface area contributed by atoms with Crippen molar-refractivity contribution in [1.82, 2.24) is 14.8 Å². The van der Waals surface area contributed by atoms with Crippen molar-refractivity contribution in [3.63, 3.8) is 0 Å². The van der Waals surface area contributed by atoms with Crippen LogP contribution in [0.4, 0.5) is 4.39 Å². The van der Waals surface area contributed by atoms with Crippen LogP contribution in [0.25, 0.3) is 16.7 Å². The molecule has 1 amide bonds. The van der Waals surface area contributed by atoms with Crippen LogP contribution in [0.15, 0.2) is 54.2 Å². The van der Waals surface area contributed by atoms with Gasteiger partial charge in [-0.05, 0) is 51.3 Å². The van der Waals surface area contributed by atoms with Crippen LogP contribution in [0.3, 0.4) is 0 Å². The number of para-hydroxylation sites is 1. The highest BCUT2D eigenvalue weighted by atomic mass is 19.1. The first-order valence-corrected chi connectivity index (χ1v) is 10.7. The third-order valence-electron chi connectivity index (χ3n) is 5.88. The number of halogens is 1. The minimum absolute atomic E-state index is 0.0219. The monoisotopic (exact) mass is 451 g/mol. The number of aromatic nitrogens is 1. The summed E-state index contributed by atoms with van der Waals surface area (Å²) in [6, 6.07) is 10.4. The molecule has 7 nitrogen and oxygen atoms in total. The van der Waals surface area contributed by atoms with E-state index >= 15 is 0 Å². The molecular formula is C25H26FN3O4. The molecule has 2 aromatic carbocycles. The second-order valence-corrected chi connectivity index (χ2v) is 8.28. The van der Waals surface area contributed by atoms with Crippen molar-refractivity contribution in [3.8, 4) is 5.75 Å². The summed E-state index contributed by atoms with van der Waals surface area (Å²) in [5.74, 6) is -2.36. The molecule has 1 fully saturated rings. The van der Waals surface area contributed by atoms with E-state index in [-0.39, 0.29) is 16.9 Å². The van der Waals surface area contributed by atoms with E-state index in [0.717, 1.165) is 23.5 Å². The van der Waals surface area contributed by atoms with Crippen molar-refractivity contribution >= 4 is 28.4 Å². The molecule has 0 aliphatic carbocycles. The number of nitrogens with one attached hydrogen (secondary N) is 1. The van der Waals surface area contributed by atoms with Crippen LogP contribution >= 0.6 is 0 Å². The second kappa shape index (κ2) is 9.07. The fraction of sp³-hybridized carbons (Fsp3) is 0.280. The Morgan fingerprint density at radius 2 is 1.97 bits per heavy atom. The molecule has 2 heterocycles. The van der Waals surface area contributed by atoms with Gasteiger partial charge in [0, 0.05) is 29.2 Å². The molecule has 8 heteroatoms. The summed E-state index contributed by atoms with van der Waals surface area (Å²) in [5.41, 5.74) is 1.47. The first-order valence-electron chi connectivity index (χ1n) is 10.7. The van der Waals surface area contributed by atoms with Crippen LogP contribution in [0, 0.1) is 5.82 Å². The molecule has 1 saturated heterocycles.